The number of rotatable bonds is 4. The first kappa shape index (κ1) is 13.6. The molecule has 0 spiro atoms. The summed E-state index contributed by atoms with van der Waals surface area (Å²) in [6.07, 6.45) is -1.24. The maximum absolute atomic E-state index is 11.2. The highest BCUT2D eigenvalue weighted by Crippen LogP contribution is 2.22. The Bertz CT molecular complexity index is 438. The van der Waals surface area contributed by atoms with Gasteiger partial charge in [-0.15, -0.1) is 0 Å². The smallest absolute Gasteiger partial charge is 0.405 e. The molecule has 0 aliphatic rings. The molecular weight excluding hydrogens is 267 g/mol. The highest BCUT2D eigenvalue weighted by atomic mass is 35.5. The predicted molar refractivity (Wildman–Crippen MR) is 64.3 cm³/mol. The maximum Gasteiger partial charge on any atom is 0.405 e. The van der Waals surface area contributed by atoms with E-state index in [1.54, 1.807) is 18.2 Å². The van der Waals surface area contributed by atoms with Gasteiger partial charge in [0.1, 0.15) is 0 Å². The second kappa shape index (κ2) is 6.32. The lowest BCUT2D eigenvalue weighted by Gasteiger charge is -2.06. The Morgan fingerprint density at radius 3 is 2.47 bits per heavy atom. The molecule has 3 N–H and O–H groups in total. The molecule has 0 saturated carbocycles. The largest absolute Gasteiger partial charge is 0.465 e. The number of nitrogens with one attached hydrogen (secondary N) is 2. The molecular formula is C10H10Cl2N2O3. The first-order chi connectivity index (χ1) is 7.99. The summed E-state index contributed by atoms with van der Waals surface area (Å²) in [5.74, 6) is -0.418. The summed E-state index contributed by atoms with van der Waals surface area (Å²) in [5, 5.41) is 13.6. The van der Waals surface area contributed by atoms with Crippen LogP contribution in [0.5, 0.6) is 0 Å². The Morgan fingerprint density at radius 1 is 1.18 bits per heavy atom. The van der Waals surface area contributed by atoms with Crippen molar-refractivity contribution >= 4 is 35.2 Å². The van der Waals surface area contributed by atoms with Gasteiger partial charge < -0.3 is 15.7 Å². The van der Waals surface area contributed by atoms with Crippen LogP contribution in [0.3, 0.4) is 0 Å². The number of hydrogen-bond donors (Lipinski definition) is 3. The van der Waals surface area contributed by atoms with E-state index in [4.69, 9.17) is 28.3 Å². The summed E-state index contributed by atoms with van der Waals surface area (Å²) < 4.78 is 0. The third kappa shape index (κ3) is 4.93. The van der Waals surface area contributed by atoms with E-state index in [1.165, 1.54) is 0 Å². The normalized spacial score (nSPS) is 9.76. The Balaban J connectivity index is 2.42. The van der Waals surface area contributed by atoms with Gasteiger partial charge in [0.05, 0.1) is 16.6 Å². The number of carbonyl (C=O) groups is 2. The number of carboxylic acid groups (broad SMARTS) is 1. The van der Waals surface area contributed by atoms with Crippen LogP contribution in [0.25, 0.3) is 0 Å². The predicted octanol–water partition coefficient (Wildman–Crippen LogP) is 1.88. The fourth-order valence-corrected chi connectivity index (χ4v) is 1.39. The summed E-state index contributed by atoms with van der Waals surface area (Å²) in [5.41, 5.74) is 0.781. The van der Waals surface area contributed by atoms with Crippen molar-refractivity contribution in [2.24, 2.45) is 0 Å². The average Bonchev–Trinajstić information content (AvgIpc) is 2.28. The van der Waals surface area contributed by atoms with Crippen molar-refractivity contribution in [2.75, 3.05) is 6.54 Å². The lowest BCUT2D eigenvalue weighted by Crippen LogP contribution is -2.35. The molecule has 0 atom stereocenters. The van der Waals surface area contributed by atoms with Crippen molar-refractivity contribution in [3.05, 3.63) is 33.8 Å². The minimum absolute atomic E-state index is 0.261. The molecule has 5 nitrogen and oxygen atoms in total. The third-order valence-electron chi connectivity index (χ3n) is 1.87. The zero-order chi connectivity index (χ0) is 12.8. The second-order valence-corrected chi connectivity index (χ2v) is 4.00. The summed E-state index contributed by atoms with van der Waals surface area (Å²) >= 11 is 11.5. The van der Waals surface area contributed by atoms with Crippen molar-refractivity contribution in [1.29, 1.82) is 0 Å². The second-order valence-electron chi connectivity index (χ2n) is 3.18. The highest BCUT2D eigenvalue weighted by Gasteiger charge is 2.04. The van der Waals surface area contributed by atoms with Crippen LogP contribution in [0, 0.1) is 0 Å². The molecule has 1 aromatic rings. The molecule has 0 saturated heterocycles. The SMILES string of the molecule is O=C(O)NCC(=O)NCc1ccc(Cl)c(Cl)c1. The Morgan fingerprint density at radius 2 is 1.88 bits per heavy atom. The zero-order valence-corrected chi connectivity index (χ0v) is 10.2. The first-order valence-corrected chi connectivity index (χ1v) is 5.42. The minimum atomic E-state index is -1.24. The van der Waals surface area contributed by atoms with Gasteiger partial charge in [-0.2, -0.15) is 0 Å². The van der Waals surface area contributed by atoms with Crippen molar-refractivity contribution in [3.8, 4) is 0 Å². The van der Waals surface area contributed by atoms with Crippen LogP contribution in [0.1, 0.15) is 5.56 Å². The van der Waals surface area contributed by atoms with Gasteiger partial charge in [0, 0.05) is 6.54 Å². The van der Waals surface area contributed by atoms with Crippen LogP contribution in [0.4, 0.5) is 4.79 Å². The van der Waals surface area contributed by atoms with Crippen LogP contribution in [0.2, 0.25) is 10.0 Å². The molecule has 0 heterocycles. The zero-order valence-electron chi connectivity index (χ0n) is 8.67. The van der Waals surface area contributed by atoms with E-state index in [-0.39, 0.29) is 13.1 Å². The first-order valence-electron chi connectivity index (χ1n) is 4.66. The molecule has 1 aromatic carbocycles. The van der Waals surface area contributed by atoms with E-state index in [1.807, 2.05) is 5.32 Å². The molecule has 1 rings (SSSR count). The molecule has 0 fully saturated rings. The van der Waals surface area contributed by atoms with E-state index < -0.39 is 12.0 Å². The van der Waals surface area contributed by atoms with Crippen molar-refractivity contribution in [3.63, 3.8) is 0 Å². The molecule has 0 aliphatic carbocycles. The fraction of sp³-hybridized carbons (Fsp3) is 0.200. The Labute approximate surface area is 108 Å². The van der Waals surface area contributed by atoms with E-state index in [9.17, 15) is 9.59 Å². The quantitative estimate of drug-likeness (QED) is 0.786. The molecule has 17 heavy (non-hydrogen) atoms. The average molecular weight is 277 g/mol. The van der Waals surface area contributed by atoms with Gasteiger partial charge >= 0.3 is 6.09 Å². The molecule has 0 radical (unpaired) electrons. The number of hydrogen-bond acceptors (Lipinski definition) is 2. The van der Waals surface area contributed by atoms with Gasteiger partial charge in [-0.1, -0.05) is 29.3 Å². The topological polar surface area (TPSA) is 78.4 Å². The lowest BCUT2D eigenvalue weighted by molar-refractivity contribution is -0.120. The standard InChI is InChI=1S/C10H10Cl2N2O3/c11-7-2-1-6(3-8(7)12)4-13-9(15)5-14-10(16)17/h1-3,14H,4-5H2,(H,13,15)(H,16,17). The molecule has 0 unspecified atom stereocenters. The van der Waals surface area contributed by atoms with Gasteiger partial charge in [-0.3, -0.25) is 4.79 Å². The third-order valence-corrected chi connectivity index (χ3v) is 2.61. The fourth-order valence-electron chi connectivity index (χ4n) is 1.07. The molecule has 92 valence electrons. The van der Waals surface area contributed by atoms with Crippen molar-refractivity contribution in [1.82, 2.24) is 10.6 Å². The molecule has 0 aliphatic heterocycles. The number of halogens is 2. The van der Waals surface area contributed by atoms with E-state index >= 15 is 0 Å². The number of carbonyl (C=O) groups excluding carboxylic acids is 1. The van der Waals surface area contributed by atoms with E-state index in [0.717, 1.165) is 5.56 Å². The minimum Gasteiger partial charge on any atom is -0.465 e. The Hall–Kier alpha value is -1.46. The van der Waals surface area contributed by atoms with Gasteiger partial charge in [0.15, 0.2) is 0 Å². The summed E-state index contributed by atoms with van der Waals surface area (Å²) in [6.45, 7) is -0.0202. The van der Waals surface area contributed by atoms with Gasteiger partial charge in [0.2, 0.25) is 5.91 Å². The van der Waals surface area contributed by atoms with Crippen LogP contribution in [-0.2, 0) is 11.3 Å². The van der Waals surface area contributed by atoms with Crippen LogP contribution in [-0.4, -0.2) is 23.7 Å². The lowest BCUT2D eigenvalue weighted by atomic mass is 10.2. The molecule has 0 bridgehead atoms. The monoisotopic (exact) mass is 276 g/mol. The van der Waals surface area contributed by atoms with Gasteiger partial charge in [-0.25, -0.2) is 4.79 Å². The molecule has 2 amide bonds. The van der Waals surface area contributed by atoms with E-state index in [0.29, 0.717) is 10.0 Å². The number of benzene rings is 1. The highest BCUT2D eigenvalue weighted by molar-refractivity contribution is 6.42. The maximum atomic E-state index is 11.2. The number of amides is 2. The van der Waals surface area contributed by atoms with Crippen LogP contribution in [0.15, 0.2) is 18.2 Å². The Kier molecular flexibility index (Phi) is 5.06. The van der Waals surface area contributed by atoms with Gasteiger partial charge in [0.25, 0.3) is 0 Å². The van der Waals surface area contributed by atoms with Gasteiger partial charge in [-0.05, 0) is 17.7 Å². The van der Waals surface area contributed by atoms with Crippen molar-refractivity contribution < 1.29 is 14.7 Å². The van der Waals surface area contributed by atoms with Crippen LogP contribution >= 0.6 is 23.2 Å². The molecule has 0 aromatic heterocycles. The molecule has 7 heteroatoms. The summed E-state index contributed by atoms with van der Waals surface area (Å²) in [6, 6.07) is 4.98. The van der Waals surface area contributed by atoms with Crippen LogP contribution < -0.4 is 10.6 Å². The summed E-state index contributed by atoms with van der Waals surface area (Å²) in [7, 11) is 0. The van der Waals surface area contributed by atoms with E-state index in [2.05, 4.69) is 5.32 Å². The summed E-state index contributed by atoms with van der Waals surface area (Å²) in [4.78, 5) is 21.3. The van der Waals surface area contributed by atoms with Crippen molar-refractivity contribution in [2.45, 2.75) is 6.54 Å².